The number of rotatable bonds is 6. The molecule has 0 aromatic rings. The molecule has 7 atom stereocenters. The summed E-state index contributed by atoms with van der Waals surface area (Å²) in [5, 5.41) is 3.63. The maximum atomic E-state index is 12.8. The fourth-order valence-corrected chi connectivity index (χ4v) is 4.60. The lowest BCUT2D eigenvalue weighted by Crippen LogP contribution is -2.22. The van der Waals surface area contributed by atoms with Crippen molar-refractivity contribution in [2.75, 3.05) is 6.54 Å². The second-order valence-electron chi connectivity index (χ2n) is 7.15. The van der Waals surface area contributed by atoms with Crippen LogP contribution in [0.4, 0.5) is 0 Å². The average Bonchev–Trinajstić information content (AvgIpc) is 2.92. The molecule has 0 aliphatic heterocycles. The van der Waals surface area contributed by atoms with E-state index in [1.165, 1.54) is 0 Å². The molecule has 0 radical (unpaired) electrons. The monoisotopic (exact) mass is 289 g/mol. The SMILES string of the molecule is C=C[C@H]1C[C@@H]2[C@@H](C(=O)C(CC[C@H](C)CN=[N+]=[N-])[C@H]2C)[C@@H]1C. The van der Waals surface area contributed by atoms with Crippen molar-refractivity contribution in [1.29, 1.82) is 0 Å². The van der Waals surface area contributed by atoms with Gasteiger partial charge in [-0.2, -0.15) is 0 Å². The molecule has 0 spiro atoms. The highest BCUT2D eigenvalue weighted by Gasteiger charge is 2.54. The summed E-state index contributed by atoms with van der Waals surface area (Å²) < 4.78 is 0. The van der Waals surface area contributed by atoms with Gasteiger partial charge < -0.3 is 0 Å². The number of azide groups is 1. The fourth-order valence-electron chi connectivity index (χ4n) is 4.60. The van der Waals surface area contributed by atoms with Crippen LogP contribution in [0.3, 0.4) is 0 Å². The summed E-state index contributed by atoms with van der Waals surface area (Å²) in [5.41, 5.74) is 8.36. The van der Waals surface area contributed by atoms with E-state index in [9.17, 15) is 4.79 Å². The Kier molecular flexibility index (Phi) is 5.10. The summed E-state index contributed by atoms with van der Waals surface area (Å²) in [6.45, 7) is 11.0. The molecule has 2 fully saturated rings. The second-order valence-corrected chi connectivity index (χ2v) is 7.15. The van der Waals surface area contributed by atoms with E-state index in [-0.39, 0.29) is 11.8 Å². The van der Waals surface area contributed by atoms with E-state index in [1.54, 1.807) is 0 Å². The standard InChI is InChI=1S/C17H27N3O/c1-5-13-8-15-12(4)14(17(21)16(15)11(13)3)7-6-10(2)9-19-20-18/h5,10-16H,1,6-9H2,2-4H3/t10-,11+,12+,13-,14?,15-,16-/m0/s1. The smallest absolute Gasteiger partial charge is 0.139 e. The average molecular weight is 289 g/mol. The lowest BCUT2D eigenvalue weighted by molar-refractivity contribution is -0.125. The number of nitrogens with zero attached hydrogens (tertiary/aromatic N) is 3. The molecular weight excluding hydrogens is 262 g/mol. The first-order chi connectivity index (χ1) is 10.0. The summed E-state index contributed by atoms with van der Waals surface area (Å²) in [5.74, 6) is 3.31. The van der Waals surface area contributed by atoms with E-state index in [4.69, 9.17) is 5.53 Å². The molecule has 0 aromatic heterocycles. The van der Waals surface area contributed by atoms with Crippen LogP contribution in [-0.2, 0) is 4.79 Å². The first kappa shape index (κ1) is 16.1. The third-order valence-corrected chi connectivity index (χ3v) is 5.98. The third-order valence-electron chi connectivity index (χ3n) is 5.98. The molecule has 4 nitrogen and oxygen atoms in total. The molecule has 0 amide bonds. The van der Waals surface area contributed by atoms with Crippen LogP contribution in [0.2, 0.25) is 0 Å². The molecule has 4 heteroatoms. The van der Waals surface area contributed by atoms with Gasteiger partial charge in [0.2, 0.25) is 0 Å². The topological polar surface area (TPSA) is 65.8 Å². The van der Waals surface area contributed by atoms with Crippen LogP contribution in [0.5, 0.6) is 0 Å². The van der Waals surface area contributed by atoms with Crippen molar-refractivity contribution in [2.24, 2.45) is 46.5 Å². The number of fused-ring (bicyclic) bond motifs is 1. The van der Waals surface area contributed by atoms with E-state index in [0.717, 1.165) is 19.3 Å². The first-order valence-corrected chi connectivity index (χ1v) is 8.18. The Morgan fingerprint density at radius 2 is 2.19 bits per heavy atom. The van der Waals surface area contributed by atoms with Gasteiger partial charge in [-0.15, -0.1) is 6.58 Å². The summed E-state index contributed by atoms with van der Waals surface area (Å²) >= 11 is 0. The lowest BCUT2D eigenvalue weighted by atomic mass is 9.83. The minimum Gasteiger partial charge on any atom is -0.299 e. The van der Waals surface area contributed by atoms with Crippen LogP contribution in [0.1, 0.15) is 40.0 Å². The van der Waals surface area contributed by atoms with E-state index in [0.29, 0.717) is 41.9 Å². The van der Waals surface area contributed by atoms with Crippen LogP contribution in [-0.4, -0.2) is 12.3 Å². The summed E-state index contributed by atoms with van der Waals surface area (Å²) in [7, 11) is 0. The Labute approximate surface area is 127 Å². The fraction of sp³-hybridized carbons (Fsp3) is 0.824. The Hall–Kier alpha value is -1.28. The van der Waals surface area contributed by atoms with Crippen LogP contribution in [0.15, 0.2) is 17.8 Å². The van der Waals surface area contributed by atoms with Gasteiger partial charge in [0.15, 0.2) is 0 Å². The minimum absolute atomic E-state index is 0.210. The van der Waals surface area contributed by atoms with E-state index in [2.05, 4.69) is 37.4 Å². The van der Waals surface area contributed by atoms with E-state index >= 15 is 0 Å². The Balaban J connectivity index is 1.97. The maximum Gasteiger partial charge on any atom is 0.139 e. The summed E-state index contributed by atoms with van der Waals surface area (Å²) in [6.07, 6.45) is 5.09. The molecular formula is C17H27N3O. The zero-order valence-corrected chi connectivity index (χ0v) is 13.4. The van der Waals surface area contributed by atoms with Crippen molar-refractivity contribution in [3.05, 3.63) is 23.1 Å². The molecule has 0 saturated heterocycles. The number of Topliss-reactive ketones (excluding diaryl/α,β-unsaturated/α-hetero) is 1. The largest absolute Gasteiger partial charge is 0.299 e. The highest BCUT2D eigenvalue weighted by atomic mass is 16.1. The van der Waals surface area contributed by atoms with Crippen LogP contribution < -0.4 is 0 Å². The number of carbonyl (C=O) groups is 1. The zero-order valence-electron chi connectivity index (χ0n) is 13.4. The van der Waals surface area contributed by atoms with Crippen LogP contribution in [0.25, 0.3) is 10.4 Å². The first-order valence-electron chi connectivity index (χ1n) is 8.18. The molecule has 2 rings (SSSR count). The Morgan fingerprint density at radius 3 is 2.76 bits per heavy atom. The van der Waals surface area contributed by atoms with Gasteiger partial charge >= 0.3 is 0 Å². The Morgan fingerprint density at radius 1 is 1.48 bits per heavy atom. The number of ketones is 1. The van der Waals surface area contributed by atoms with Crippen molar-refractivity contribution in [2.45, 2.75) is 40.0 Å². The number of hydrogen-bond donors (Lipinski definition) is 0. The van der Waals surface area contributed by atoms with Crippen molar-refractivity contribution < 1.29 is 4.79 Å². The molecule has 1 unspecified atom stereocenters. The van der Waals surface area contributed by atoms with Gasteiger partial charge in [-0.3, -0.25) is 4.79 Å². The molecule has 0 aromatic carbocycles. The second kappa shape index (κ2) is 6.65. The van der Waals surface area contributed by atoms with Gasteiger partial charge in [-0.05, 0) is 54.4 Å². The normalized spacial score (nSPS) is 39.7. The van der Waals surface area contributed by atoms with Crippen molar-refractivity contribution >= 4 is 5.78 Å². The van der Waals surface area contributed by atoms with Crippen molar-refractivity contribution in [1.82, 2.24) is 0 Å². The zero-order chi connectivity index (χ0) is 15.6. The highest BCUT2D eigenvalue weighted by molar-refractivity contribution is 5.87. The molecule has 2 saturated carbocycles. The van der Waals surface area contributed by atoms with Gasteiger partial charge in [0, 0.05) is 23.3 Å². The van der Waals surface area contributed by atoms with E-state index in [1.807, 2.05) is 6.08 Å². The molecule has 0 N–H and O–H groups in total. The highest BCUT2D eigenvalue weighted by Crippen LogP contribution is 2.54. The molecule has 0 heterocycles. The number of carbonyl (C=O) groups excluding carboxylic acids is 1. The van der Waals surface area contributed by atoms with Gasteiger partial charge in [-0.25, -0.2) is 0 Å². The van der Waals surface area contributed by atoms with Crippen molar-refractivity contribution in [3.8, 4) is 0 Å². The third kappa shape index (κ3) is 3.01. The van der Waals surface area contributed by atoms with Gasteiger partial charge in [-0.1, -0.05) is 32.0 Å². The van der Waals surface area contributed by atoms with Gasteiger partial charge in [0.05, 0.1) is 0 Å². The molecule has 21 heavy (non-hydrogen) atoms. The molecule has 2 aliphatic rings. The maximum absolute atomic E-state index is 12.8. The summed E-state index contributed by atoms with van der Waals surface area (Å²) in [4.78, 5) is 15.6. The number of allylic oxidation sites excluding steroid dienone is 1. The van der Waals surface area contributed by atoms with Crippen LogP contribution in [0, 0.1) is 41.4 Å². The minimum atomic E-state index is 0.210. The predicted octanol–water partition coefficient (Wildman–Crippen LogP) is 4.62. The quantitative estimate of drug-likeness (QED) is 0.304. The Bertz CT molecular complexity index is 455. The van der Waals surface area contributed by atoms with E-state index < -0.39 is 0 Å². The van der Waals surface area contributed by atoms with Crippen LogP contribution >= 0.6 is 0 Å². The van der Waals surface area contributed by atoms with Crippen molar-refractivity contribution in [3.63, 3.8) is 0 Å². The van der Waals surface area contributed by atoms with Gasteiger partial charge in [0.1, 0.15) is 5.78 Å². The lowest BCUT2D eigenvalue weighted by Gasteiger charge is -2.21. The molecule has 2 aliphatic carbocycles. The molecule has 0 bridgehead atoms. The van der Waals surface area contributed by atoms with Gasteiger partial charge in [0.25, 0.3) is 0 Å². The predicted molar refractivity (Wildman–Crippen MR) is 84.5 cm³/mol. The number of hydrogen-bond acceptors (Lipinski definition) is 2. The summed E-state index contributed by atoms with van der Waals surface area (Å²) in [6, 6.07) is 0. The molecule has 116 valence electrons.